The van der Waals surface area contributed by atoms with E-state index in [2.05, 4.69) is 133 Å². The largest absolute Gasteiger partial charge is 0.0616 e. The Labute approximate surface area is 198 Å². The molecule has 0 nitrogen and oxygen atoms in total. The van der Waals surface area contributed by atoms with Gasteiger partial charge >= 0.3 is 0 Å². The van der Waals surface area contributed by atoms with Crippen LogP contribution in [0.4, 0.5) is 0 Å². The second-order valence-electron chi connectivity index (χ2n) is 9.00. The summed E-state index contributed by atoms with van der Waals surface area (Å²) in [6.07, 6.45) is 0. The van der Waals surface area contributed by atoms with Crippen LogP contribution in [-0.4, -0.2) is 0 Å². The Bertz CT molecular complexity index is 1840. The molecular formula is C34H22. The standard InChI is InChI=1S/C20H12.C14H10/c1-2-7-17-15(4-1)12-16-9-8-13-5-3-6-14-10-11-18(17)20(16)19(13)14;1-2-6-12-10-14-8-4-3-7-13(14)9-11(12)5-1/h1-12H;1-10H. The Kier molecular flexibility index (Phi) is 4.25. The molecule has 0 unspecified atom stereocenters. The molecule has 0 N–H and O–H groups in total. The van der Waals surface area contributed by atoms with E-state index in [0.29, 0.717) is 0 Å². The molecule has 0 aliphatic heterocycles. The quantitative estimate of drug-likeness (QED) is 0.166. The van der Waals surface area contributed by atoms with Crippen molar-refractivity contribution in [2.45, 2.75) is 0 Å². The van der Waals surface area contributed by atoms with E-state index >= 15 is 0 Å². The van der Waals surface area contributed by atoms with Gasteiger partial charge in [-0.05, 0) is 82.8 Å². The highest BCUT2D eigenvalue weighted by Crippen LogP contribution is 2.38. The lowest BCUT2D eigenvalue weighted by atomic mass is 9.91. The third kappa shape index (κ3) is 3.00. The van der Waals surface area contributed by atoms with Crippen LogP contribution in [0.1, 0.15) is 0 Å². The first-order chi connectivity index (χ1) is 16.8. The lowest BCUT2D eigenvalue weighted by molar-refractivity contribution is 1.76. The predicted molar refractivity (Wildman–Crippen MR) is 149 cm³/mol. The zero-order valence-electron chi connectivity index (χ0n) is 18.7. The number of hydrogen-bond acceptors (Lipinski definition) is 0. The van der Waals surface area contributed by atoms with Gasteiger partial charge in [-0.3, -0.25) is 0 Å². The van der Waals surface area contributed by atoms with Crippen molar-refractivity contribution in [1.29, 1.82) is 0 Å². The van der Waals surface area contributed by atoms with Gasteiger partial charge in [-0.2, -0.15) is 0 Å². The first-order valence-electron chi connectivity index (χ1n) is 11.8. The first-order valence-corrected chi connectivity index (χ1v) is 11.8. The van der Waals surface area contributed by atoms with Crippen LogP contribution in [0, 0.1) is 0 Å². The fraction of sp³-hybridized carbons (Fsp3) is 0. The summed E-state index contributed by atoms with van der Waals surface area (Å²) in [6, 6.07) is 47.9. The zero-order valence-corrected chi connectivity index (χ0v) is 18.7. The molecule has 0 saturated heterocycles. The minimum absolute atomic E-state index is 1.31. The van der Waals surface area contributed by atoms with Crippen molar-refractivity contribution in [3.63, 3.8) is 0 Å². The molecule has 158 valence electrons. The molecule has 0 heteroatoms. The van der Waals surface area contributed by atoms with E-state index in [1.807, 2.05) is 0 Å². The van der Waals surface area contributed by atoms with Crippen molar-refractivity contribution in [2.24, 2.45) is 0 Å². The normalized spacial score (nSPS) is 11.5. The molecule has 0 heterocycles. The Hall–Kier alpha value is -4.42. The van der Waals surface area contributed by atoms with Crippen molar-refractivity contribution >= 4 is 64.6 Å². The van der Waals surface area contributed by atoms with E-state index < -0.39 is 0 Å². The van der Waals surface area contributed by atoms with Crippen molar-refractivity contribution in [2.75, 3.05) is 0 Å². The summed E-state index contributed by atoms with van der Waals surface area (Å²) in [5, 5.41) is 16.1. The molecule has 0 spiro atoms. The maximum Gasteiger partial charge on any atom is -0.00204 e. The molecule has 0 atom stereocenters. The van der Waals surface area contributed by atoms with Crippen LogP contribution in [0.25, 0.3) is 64.6 Å². The average Bonchev–Trinajstić information content (AvgIpc) is 2.90. The minimum atomic E-state index is 1.31. The van der Waals surface area contributed by atoms with E-state index in [1.165, 1.54) is 64.6 Å². The molecule has 0 aliphatic carbocycles. The highest BCUT2D eigenvalue weighted by molar-refractivity contribution is 6.28. The van der Waals surface area contributed by atoms with Crippen LogP contribution in [-0.2, 0) is 0 Å². The molecule has 0 amide bonds. The fourth-order valence-corrected chi connectivity index (χ4v) is 5.37. The van der Waals surface area contributed by atoms with Gasteiger partial charge in [0.05, 0.1) is 0 Å². The summed E-state index contributed by atoms with van der Waals surface area (Å²) in [5.41, 5.74) is 0. The van der Waals surface area contributed by atoms with E-state index in [-0.39, 0.29) is 0 Å². The number of fused-ring (bicyclic) bond motifs is 4. The third-order valence-electron chi connectivity index (χ3n) is 6.98. The van der Waals surface area contributed by atoms with E-state index in [1.54, 1.807) is 0 Å². The van der Waals surface area contributed by atoms with Crippen LogP contribution in [0.2, 0.25) is 0 Å². The van der Waals surface area contributed by atoms with E-state index in [4.69, 9.17) is 0 Å². The molecular weight excluding hydrogens is 408 g/mol. The van der Waals surface area contributed by atoms with Gasteiger partial charge < -0.3 is 0 Å². The molecule has 0 bridgehead atoms. The van der Waals surface area contributed by atoms with E-state index in [0.717, 1.165) is 0 Å². The molecule has 8 rings (SSSR count). The maximum absolute atomic E-state index is 2.31. The molecule has 8 aromatic rings. The van der Waals surface area contributed by atoms with Gasteiger partial charge in [0.2, 0.25) is 0 Å². The Morgan fingerprint density at radius 3 is 1.29 bits per heavy atom. The Balaban J connectivity index is 0.000000126. The zero-order chi connectivity index (χ0) is 22.5. The summed E-state index contributed by atoms with van der Waals surface area (Å²) in [5.74, 6) is 0. The molecule has 0 radical (unpaired) electrons. The SMILES string of the molecule is c1ccc2c(c1)cc1ccc3cccc4ccc2c1c34.c1ccc2cc3ccccc3cc2c1. The molecule has 34 heavy (non-hydrogen) atoms. The van der Waals surface area contributed by atoms with Gasteiger partial charge in [0.25, 0.3) is 0 Å². The topological polar surface area (TPSA) is 0 Å². The van der Waals surface area contributed by atoms with Crippen molar-refractivity contribution in [3.8, 4) is 0 Å². The summed E-state index contributed by atoms with van der Waals surface area (Å²) in [6.45, 7) is 0. The Morgan fingerprint density at radius 2 is 0.676 bits per heavy atom. The summed E-state index contributed by atoms with van der Waals surface area (Å²) >= 11 is 0. The van der Waals surface area contributed by atoms with Crippen LogP contribution >= 0.6 is 0 Å². The molecule has 0 aromatic heterocycles. The van der Waals surface area contributed by atoms with Crippen molar-refractivity contribution in [3.05, 3.63) is 133 Å². The molecule has 0 saturated carbocycles. The predicted octanol–water partition coefficient (Wildman–Crippen LogP) is 9.73. The van der Waals surface area contributed by atoms with Gasteiger partial charge in [0.15, 0.2) is 0 Å². The maximum atomic E-state index is 2.31. The molecule has 8 aromatic carbocycles. The van der Waals surface area contributed by atoms with E-state index in [9.17, 15) is 0 Å². The lowest BCUT2D eigenvalue weighted by Gasteiger charge is -2.12. The molecule has 0 aliphatic rings. The van der Waals surface area contributed by atoms with Crippen molar-refractivity contribution < 1.29 is 0 Å². The second-order valence-corrected chi connectivity index (χ2v) is 9.00. The van der Waals surface area contributed by atoms with Gasteiger partial charge in [-0.1, -0.05) is 115 Å². The number of benzene rings is 8. The van der Waals surface area contributed by atoms with Gasteiger partial charge in [-0.25, -0.2) is 0 Å². The van der Waals surface area contributed by atoms with Crippen LogP contribution in [0.3, 0.4) is 0 Å². The number of rotatable bonds is 0. The summed E-state index contributed by atoms with van der Waals surface area (Å²) in [7, 11) is 0. The van der Waals surface area contributed by atoms with Crippen molar-refractivity contribution in [1.82, 2.24) is 0 Å². The molecule has 0 fully saturated rings. The Morgan fingerprint density at radius 1 is 0.235 bits per heavy atom. The summed E-state index contributed by atoms with van der Waals surface area (Å²) in [4.78, 5) is 0. The van der Waals surface area contributed by atoms with Crippen LogP contribution in [0.15, 0.2) is 133 Å². The van der Waals surface area contributed by atoms with Gasteiger partial charge in [0.1, 0.15) is 0 Å². The second kappa shape index (κ2) is 7.57. The smallest absolute Gasteiger partial charge is 0.00204 e. The third-order valence-corrected chi connectivity index (χ3v) is 6.98. The summed E-state index contributed by atoms with van der Waals surface area (Å²) < 4.78 is 0. The van der Waals surface area contributed by atoms with Gasteiger partial charge in [0, 0.05) is 0 Å². The monoisotopic (exact) mass is 430 g/mol. The van der Waals surface area contributed by atoms with Crippen LogP contribution < -0.4 is 0 Å². The number of hydrogen-bond donors (Lipinski definition) is 0. The fourth-order valence-electron chi connectivity index (χ4n) is 5.37. The highest BCUT2D eigenvalue weighted by atomic mass is 14.1. The minimum Gasteiger partial charge on any atom is -0.0616 e. The lowest BCUT2D eigenvalue weighted by Crippen LogP contribution is -1.85. The average molecular weight is 431 g/mol. The van der Waals surface area contributed by atoms with Crippen LogP contribution in [0.5, 0.6) is 0 Å². The first kappa shape index (κ1) is 19.1. The highest BCUT2D eigenvalue weighted by Gasteiger charge is 2.10. The van der Waals surface area contributed by atoms with Gasteiger partial charge in [-0.15, -0.1) is 0 Å².